The number of carbonyl (C=O) groups is 1. The van der Waals surface area contributed by atoms with Crippen LogP contribution in [-0.2, 0) is 23.8 Å². The van der Waals surface area contributed by atoms with Crippen LogP contribution in [-0.4, -0.2) is 45.0 Å². The molecule has 1 saturated carbocycles. The highest BCUT2D eigenvalue weighted by Gasteiger charge is 2.37. The molecule has 1 aliphatic carbocycles. The fraction of sp³-hybridized carbons (Fsp3) is 0.667. The smallest absolute Gasteiger partial charge is 0.223 e. The van der Waals surface area contributed by atoms with E-state index in [1.165, 1.54) is 5.69 Å². The van der Waals surface area contributed by atoms with Gasteiger partial charge in [0, 0.05) is 62.4 Å². The lowest BCUT2D eigenvalue weighted by Crippen LogP contribution is -2.33. The van der Waals surface area contributed by atoms with Crippen molar-refractivity contribution in [3.63, 3.8) is 0 Å². The average Bonchev–Trinajstić information content (AvgIpc) is 3.02. The van der Waals surface area contributed by atoms with Crippen LogP contribution < -0.4 is 5.32 Å². The van der Waals surface area contributed by atoms with Crippen LogP contribution in [0.2, 0.25) is 0 Å². The summed E-state index contributed by atoms with van der Waals surface area (Å²) in [5.74, 6) is 1.96. The van der Waals surface area contributed by atoms with Crippen molar-refractivity contribution in [2.75, 3.05) is 19.6 Å². The summed E-state index contributed by atoms with van der Waals surface area (Å²) in [4.78, 5) is 23.5. The lowest BCUT2D eigenvalue weighted by atomic mass is 9.93. The van der Waals surface area contributed by atoms with Gasteiger partial charge in [0.1, 0.15) is 6.26 Å². The summed E-state index contributed by atoms with van der Waals surface area (Å²) < 4.78 is 7.78. The van der Waals surface area contributed by atoms with Gasteiger partial charge in [0.05, 0.1) is 12.0 Å². The van der Waals surface area contributed by atoms with Gasteiger partial charge in [0.2, 0.25) is 5.91 Å². The van der Waals surface area contributed by atoms with E-state index in [9.17, 15) is 4.79 Å². The summed E-state index contributed by atoms with van der Waals surface area (Å²) in [6.07, 6.45) is 7.66. The molecule has 2 aliphatic rings. The van der Waals surface area contributed by atoms with Crippen LogP contribution in [0.1, 0.15) is 56.8 Å². The molecule has 152 valence electrons. The molecule has 1 amide bonds. The quantitative estimate of drug-likeness (QED) is 0.827. The molecule has 28 heavy (non-hydrogen) atoms. The maximum atomic E-state index is 12.1. The predicted molar refractivity (Wildman–Crippen MR) is 106 cm³/mol. The Morgan fingerprint density at radius 3 is 2.71 bits per heavy atom. The van der Waals surface area contributed by atoms with Gasteiger partial charge in [-0.05, 0) is 18.8 Å². The zero-order valence-corrected chi connectivity index (χ0v) is 17.3. The third-order valence-electron chi connectivity index (χ3n) is 5.82. The topological polar surface area (TPSA) is 76.2 Å². The van der Waals surface area contributed by atoms with E-state index >= 15 is 0 Å². The Balaban J connectivity index is 1.44. The zero-order valence-electron chi connectivity index (χ0n) is 17.3. The van der Waals surface area contributed by atoms with E-state index in [0.29, 0.717) is 18.4 Å². The first-order valence-corrected chi connectivity index (χ1v) is 10.2. The molecule has 2 aromatic rings. The number of rotatable bonds is 6. The van der Waals surface area contributed by atoms with Crippen LogP contribution in [0, 0.1) is 11.8 Å². The van der Waals surface area contributed by atoms with E-state index in [1.807, 2.05) is 19.6 Å². The molecule has 3 heterocycles. The second kappa shape index (κ2) is 7.35. The zero-order chi connectivity index (χ0) is 19.9. The number of likely N-dealkylation sites (tertiary alicyclic amines) is 1. The third kappa shape index (κ3) is 4.14. The van der Waals surface area contributed by atoms with E-state index in [4.69, 9.17) is 4.42 Å². The average molecular weight is 386 g/mol. The van der Waals surface area contributed by atoms with Crippen molar-refractivity contribution in [1.29, 1.82) is 0 Å². The molecule has 0 radical (unpaired) electrons. The van der Waals surface area contributed by atoms with Crippen molar-refractivity contribution in [3.8, 4) is 0 Å². The molecule has 1 N–H and O–H groups in total. The van der Waals surface area contributed by atoms with Crippen molar-refractivity contribution in [2.45, 2.75) is 51.5 Å². The highest BCUT2D eigenvalue weighted by Crippen LogP contribution is 2.34. The normalized spacial score (nSPS) is 23.3. The van der Waals surface area contributed by atoms with Crippen LogP contribution in [0.3, 0.4) is 0 Å². The Labute approximate surface area is 166 Å². The fourth-order valence-electron chi connectivity index (χ4n) is 4.03. The molecular formula is C21H31N5O2. The fourth-order valence-corrected chi connectivity index (χ4v) is 4.03. The number of oxazole rings is 1. The summed E-state index contributed by atoms with van der Waals surface area (Å²) in [5.41, 5.74) is 2.11. The number of aromatic nitrogens is 3. The lowest BCUT2D eigenvalue weighted by molar-refractivity contribution is -0.122. The molecule has 0 aromatic carbocycles. The van der Waals surface area contributed by atoms with Crippen LogP contribution in [0.25, 0.3) is 0 Å². The Morgan fingerprint density at radius 1 is 1.32 bits per heavy atom. The number of nitrogens with zero attached hydrogens (tertiary/aromatic N) is 4. The summed E-state index contributed by atoms with van der Waals surface area (Å²) >= 11 is 0. The van der Waals surface area contributed by atoms with Crippen LogP contribution >= 0.6 is 0 Å². The minimum Gasteiger partial charge on any atom is -0.448 e. The number of hydrogen-bond acceptors (Lipinski definition) is 5. The number of aryl methyl sites for hydroxylation is 1. The number of imidazole rings is 1. The SMILES string of the molecule is Cn1cncc1[C@@H]1CN(Cc2coc(C(C)(C)C)n2)C[C@H]1CNC(=O)C1CC1. The molecule has 0 bridgehead atoms. The Kier molecular flexibility index (Phi) is 5.04. The summed E-state index contributed by atoms with van der Waals surface area (Å²) in [7, 11) is 2.04. The number of nitrogens with one attached hydrogen (secondary N) is 1. The number of amides is 1. The van der Waals surface area contributed by atoms with Gasteiger partial charge in [-0.3, -0.25) is 9.69 Å². The standard InChI is InChI=1S/C21H31N5O2/c1-21(2,3)20-24-16(12-28-20)10-26-9-15(7-23-19(27)14-5-6-14)17(11-26)18-8-22-13-25(18)4/h8,12-15,17H,5-7,9-11H2,1-4H3,(H,23,27)/t15-,17-/m1/s1. The van der Waals surface area contributed by atoms with E-state index < -0.39 is 0 Å². The molecule has 2 fully saturated rings. The second-order valence-electron chi connectivity index (χ2n) is 9.40. The van der Waals surface area contributed by atoms with Crippen LogP contribution in [0.4, 0.5) is 0 Å². The maximum Gasteiger partial charge on any atom is 0.223 e. The van der Waals surface area contributed by atoms with Gasteiger partial charge in [0.15, 0.2) is 5.89 Å². The molecule has 1 saturated heterocycles. The van der Waals surface area contributed by atoms with Gasteiger partial charge in [0.25, 0.3) is 0 Å². The van der Waals surface area contributed by atoms with Crippen molar-refractivity contribution in [2.24, 2.45) is 18.9 Å². The minimum absolute atomic E-state index is 0.0872. The molecular weight excluding hydrogens is 354 g/mol. The van der Waals surface area contributed by atoms with Gasteiger partial charge in [-0.1, -0.05) is 20.8 Å². The molecule has 1 aliphatic heterocycles. The lowest BCUT2D eigenvalue weighted by Gasteiger charge is -2.19. The summed E-state index contributed by atoms with van der Waals surface area (Å²) in [6, 6.07) is 0. The maximum absolute atomic E-state index is 12.1. The van der Waals surface area contributed by atoms with E-state index in [0.717, 1.165) is 44.1 Å². The Morgan fingerprint density at radius 2 is 2.11 bits per heavy atom. The van der Waals surface area contributed by atoms with Gasteiger partial charge >= 0.3 is 0 Å². The largest absolute Gasteiger partial charge is 0.448 e. The highest BCUT2D eigenvalue weighted by atomic mass is 16.3. The van der Waals surface area contributed by atoms with Crippen molar-refractivity contribution in [1.82, 2.24) is 24.8 Å². The van der Waals surface area contributed by atoms with Crippen LogP contribution in [0.5, 0.6) is 0 Å². The number of hydrogen-bond donors (Lipinski definition) is 1. The van der Waals surface area contributed by atoms with E-state index in [1.54, 1.807) is 6.26 Å². The van der Waals surface area contributed by atoms with Gasteiger partial charge in [-0.15, -0.1) is 0 Å². The monoisotopic (exact) mass is 385 g/mol. The molecule has 0 unspecified atom stereocenters. The van der Waals surface area contributed by atoms with Crippen molar-refractivity contribution < 1.29 is 9.21 Å². The second-order valence-corrected chi connectivity index (χ2v) is 9.40. The van der Waals surface area contributed by atoms with Gasteiger partial charge in [-0.2, -0.15) is 0 Å². The third-order valence-corrected chi connectivity index (χ3v) is 5.82. The first-order valence-electron chi connectivity index (χ1n) is 10.2. The first-order chi connectivity index (χ1) is 13.3. The van der Waals surface area contributed by atoms with Crippen molar-refractivity contribution >= 4 is 5.91 Å². The Bertz CT molecular complexity index is 830. The van der Waals surface area contributed by atoms with Gasteiger partial charge < -0.3 is 14.3 Å². The minimum atomic E-state index is -0.0872. The first kappa shape index (κ1) is 19.2. The molecule has 2 aromatic heterocycles. The summed E-state index contributed by atoms with van der Waals surface area (Å²) in [5, 5.41) is 3.18. The van der Waals surface area contributed by atoms with Crippen molar-refractivity contribution in [3.05, 3.63) is 36.1 Å². The molecule has 2 atom stereocenters. The Hall–Kier alpha value is -2.15. The van der Waals surface area contributed by atoms with Gasteiger partial charge in [-0.25, -0.2) is 9.97 Å². The van der Waals surface area contributed by atoms with E-state index in [2.05, 4.69) is 45.5 Å². The van der Waals surface area contributed by atoms with E-state index in [-0.39, 0.29) is 17.2 Å². The van der Waals surface area contributed by atoms with Crippen LogP contribution in [0.15, 0.2) is 23.2 Å². The summed E-state index contributed by atoms with van der Waals surface area (Å²) in [6.45, 7) is 9.66. The highest BCUT2D eigenvalue weighted by molar-refractivity contribution is 5.80. The molecule has 4 rings (SSSR count). The molecule has 7 nitrogen and oxygen atoms in total. The predicted octanol–water partition coefficient (Wildman–Crippen LogP) is 2.45. The number of carbonyl (C=O) groups excluding carboxylic acids is 1. The molecule has 0 spiro atoms. The molecule has 7 heteroatoms.